The van der Waals surface area contributed by atoms with Crippen molar-refractivity contribution in [3.63, 3.8) is 0 Å². The SMILES string of the molecule is CC(C)c1cn(C)c(=O)cc1C#Cc1nc(Cl)ncc1Cl. The van der Waals surface area contributed by atoms with E-state index in [4.69, 9.17) is 23.2 Å². The third-order valence-corrected chi connectivity index (χ3v) is 3.37. The van der Waals surface area contributed by atoms with Gasteiger partial charge in [-0.1, -0.05) is 31.4 Å². The minimum atomic E-state index is -0.115. The number of pyridine rings is 1. The number of halogens is 2. The van der Waals surface area contributed by atoms with Crippen molar-refractivity contribution in [1.29, 1.82) is 0 Å². The maximum Gasteiger partial charge on any atom is 0.251 e. The van der Waals surface area contributed by atoms with E-state index < -0.39 is 0 Å². The van der Waals surface area contributed by atoms with E-state index in [1.165, 1.54) is 16.8 Å². The topological polar surface area (TPSA) is 47.8 Å². The molecule has 0 atom stereocenters. The normalized spacial score (nSPS) is 10.4. The largest absolute Gasteiger partial charge is 0.318 e. The predicted molar refractivity (Wildman–Crippen MR) is 83.8 cm³/mol. The summed E-state index contributed by atoms with van der Waals surface area (Å²) < 4.78 is 1.54. The maximum absolute atomic E-state index is 11.8. The monoisotopic (exact) mass is 321 g/mol. The van der Waals surface area contributed by atoms with Gasteiger partial charge in [0, 0.05) is 24.9 Å². The lowest BCUT2D eigenvalue weighted by Gasteiger charge is -2.09. The van der Waals surface area contributed by atoms with Crippen LogP contribution in [0.3, 0.4) is 0 Å². The zero-order valence-corrected chi connectivity index (χ0v) is 13.3. The van der Waals surface area contributed by atoms with Gasteiger partial charge in [-0.25, -0.2) is 9.97 Å². The molecular formula is C15H13Cl2N3O. The molecule has 0 N–H and O–H groups in total. The van der Waals surface area contributed by atoms with Gasteiger partial charge in [0.25, 0.3) is 5.56 Å². The van der Waals surface area contributed by atoms with Crippen LogP contribution in [0.5, 0.6) is 0 Å². The highest BCUT2D eigenvalue weighted by Gasteiger charge is 2.08. The Bertz CT molecular complexity index is 801. The summed E-state index contributed by atoms with van der Waals surface area (Å²) in [6, 6.07) is 1.51. The molecule has 0 radical (unpaired) electrons. The molecule has 2 aromatic rings. The fourth-order valence-corrected chi connectivity index (χ4v) is 2.05. The smallest absolute Gasteiger partial charge is 0.251 e. The molecular weight excluding hydrogens is 309 g/mol. The van der Waals surface area contributed by atoms with E-state index in [1.807, 2.05) is 13.8 Å². The summed E-state index contributed by atoms with van der Waals surface area (Å²) in [5.41, 5.74) is 1.88. The predicted octanol–water partition coefficient (Wildman–Crippen LogP) is 3.01. The number of aromatic nitrogens is 3. The summed E-state index contributed by atoms with van der Waals surface area (Å²) in [7, 11) is 1.71. The molecule has 0 bridgehead atoms. The molecule has 0 amide bonds. The van der Waals surface area contributed by atoms with Crippen molar-refractivity contribution in [3.05, 3.63) is 55.9 Å². The molecule has 0 spiro atoms. The van der Waals surface area contributed by atoms with Gasteiger partial charge in [0.1, 0.15) is 5.69 Å². The fourth-order valence-electron chi connectivity index (χ4n) is 1.78. The van der Waals surface area contributed by atoms with Crippen molar-refractivity contribution in [2.45, 2.75) is 19.8 Å². The third-order valence-electron chi connectivity index (χ3n) is 2.91. The lowest BCUT2D eigenvalue weighted by molar-refractivity contribution is 0.791. The van der Waals surface area contributed by atoms with E-state index in [2.05, 4.69) is 21.8 Å². The molecule has 108 valence electrons. The zero-order chi connectivity index (χ0) is 15.6. The molecule has 0 saturated carbocycles. The molecule has 0 aliphatic rings. The first-order chi connectivity index (χ1) is 9.88. The molecule has 0 fully saturated rings. The number of rotatable bonds is 1. The molecule has 2 heterocycles. The second kappa shape index (κ2) is 6.30. The maximum atomic E-state index is 11.8. The minimum absolute atomic E-state index is 0.0803. The average molecular weight is 322 g/mol. The molecule has 2 rings (SSSR count). The van der Waals surface area contributed by atoms with Crippen LogP contribution in [0.15, 0.2) is 23.3 Å². The Morgan fingerprint density at radius 2 is 2.00 bits per heavy atom. The van der Waals surface area contributed by atoms with Crippen LogP contribution in [-0.4, -0.2) is 14.5 Å². The zero-order valence-electron chi connectivity index (χ0n) is 11.8. The number of hydrogen-bond acceptors (Lipinski definition) is 3. The van der Waals surface area contributed by atoms with E-state index in [0.29, 0.717) is 16.3 Å². The number of hydrogen-bond donors (Lipinski definition) is 0. The summed E-state index contributed by atoms with van der Waals surface area (Å²) in [5.74, 6) is 6.04. The van der Waals surface area contributed by atoms with Crippen molar-refractivity contribution in [3.8, 4) is 11.8 Å². The number of nitrogens with zero attached hydrogens (tertiary/aromatic N) is 3. The summed E-state index contributed by atoms with van der Waals surface area (Å²) >= 11 is 11.7. The van der Waals surface area contributed by atoms with Crippen LogP contribution in [-0.2, 0) is 7.05 Å². The van der Waals surface area contributed by atoms with E-state index >= 15 is 0 Å². The van der Waals surface area contributed by atoms with E-state index in [9.17, 15) is 4.79 Å². The van der Waals surface area contributed by atoms with Gasteiger partial charge in [-0.05, 0) is 29.0 Å². The highest BCUT2D eigenvalue weighted by atomic mass is 35.5. The van der Waals surface area contributed by atoms with Crippen molar-refractivity contribution < 1.29 is 0 Å². The standard InChI is InChI=1S/C15H13Cl2N3O/c1-9(2)11-8-20(3)14(21)6-10(11)4-5-13-12(16)7-18-15(17)19-13/h6-9H,1-3H3. The molecule has 0 saturated heterocycles. The van der Waals surface area contributed by atoms with Gasteiger partial charge < -0.3 is 4.57 Å². The third kappa shape index (κ3) is 3.63. The first kappa shape index (κ1) is 15.6. The van der Waals surface area contributed by atoms with Gasteiger partial charge in [-0.15, -0.1) is 0 Å². The lowest BCUT2D eigenvalue weighted by atomic mass is 10.00. The first-order valence-electron chi connectivity index (χ1n) is 6.29. The molecule has 6 heteroatoms. The first-order valence-corrected chi connectivity index (χ1v) is 7.04. The highest BCUT2D eigenvalue weighted by molar-refractivity contribution is 6.32. The molecule has 0 aliphatic heterocycles. The van der Waals surface area contributed by atoms with Gasteiger partial charge in [-0.3, -0.25) is 4.79 Å². The van der Waals surface area contributed by atoms with Gasteiger partial charge in [0.2, 0.25) is 5.28 Å². The minimum Gasteiger partial charge on any atom is -0.318 e. The Hall–Kier alpha value is -1.83. The van der Waals surface area contributed by atoms with Gasteiger partial charge >= 0.3 is 0 Å². The quantitative estimate of drug-likeness (QED) is 0.599. The Morgan fingerprint density at radius 3 is 2.67 bits per heavy atom. The van der Waals surface area contributed by atoms with Crippen LogP contribution in [0.1, 0.15) is 36.6 Å². The van der Waals surface area contributed by atoms with Crippen molar-refractivity contribution in [2.24, 2.45) is 7.05 Å². The van der Waals surface area contributed by atoms with Crippen LogP contribution in [0, 0.1) is 11.8 Å². The average Bonchev–Trinajstić information content (AvgIpc) is 2.42. The van der Waals surface area contributed by atoms with Gasteiger partial charge in [-0.2, -0.15) is 0 Å². The Kier molecular flexibility index (Phi) is 4.66. The van der Waals surface area contributed by atoms with Crippen molar-refractivity contribution in [2.75, 3.05) is 0 Å². The van der Waals surface area contributed by atoms with Crippen molar-refractivity contribution in [1.82, 2.24) is 14.5 Å². The van der Waals surface area contributed by atoms with E-state index in [0.717, 1.165) is 5.56 Å². The molecule has 0 aliphatic carbocycles. The summed E-state index contributed by atoms with van der Waals surface area (Å²) in [4.78, 5) is 19.5. The van der Waals surface area contributed by atoms with Crippen LogP contribution in [0.25, 0.3) is 0 Å². The fraction of sp³-hybridized carbons (Fsp3) is 0.267. The molecule has 0 unspecified atom stereocenters. The van der Waals surface area contributed by atoms with E-state index in [1.54, 1.807) is 13.2 Å². The van der Waals surface area contributed by atoms with Crippen LogP contribution in [0.2, 0.25) is 10.3 Å². The highest BCUT2D eigenvalue weighted by Crippen LogP contribution is 2.17. The molecule has 0 aromatic carbocycles. The van der Waals surface area contributed by atoms with Crippen LogP contribution >= 0.6 is 23.2 Å². The van der Waals surface area contributed by atoms with E-state index in [-0.39, 0.29) is 16.8 Å². The Morgan fingerprint density at radius 1 is 1.29 bits per heavy atom. The molecule has 4 nitrogen and oxygen atoms in total. The second-order valence-corrected chi connectivity index (χ2v) is 5.58. The second-order valence-electron chi connectivity index (χ2n) is 4.83. The van der Waals surface area contributed by atoms with Crippen LogP contribution in [0.4, 0.5) is 0 Å². The number of aryl methyl sites for hydroxylation is 1. The summed E-state index contributed by atoms with van der Waals surface area (Å²) in [6.07, 6.45) is 3.19. The van der Waals surface area contributed by atoms with Crippen LogP contribution < -0.4 is 5.56 Å². The molecule has 21 heavy (non-hydrogen) atoms. The Balaban J connectivity index is 2.54. The Labute approximate surface area is 132 Å². The van der Waals surface area contributed by atoms with Gasteiger partial charge in [0.05, 0.1) is 11.2 Å². The van der Waals surface area contributed by atoms with Gasteiger partial charge in [0.15, 0.2) is 0 Å². The summed E-state index contributed by atoms with van der Waals surface area (Å²) in [5, 5.41) is 0.401. The molecule has 2 aromatic heterocycles. The summed E-state index contributed by atoms with van der Waals surface area (Å²) in [6.45, 7) is 4.08. The van der Waals surface area contributed by atoms with Crippen molar-refractivity contribution >= 4 is 23.2 Å². The lowest BCUT2D eigenvalue weighted by Crippen LogP contribution is -2.17.